The van der Waals surface area contributed by atoms with Gasteiger partial charge in [0.1, 0.15) is 0 Å². The number of rotatable bonds is 9. The van der Waals surface area contributed by atoms with Gasteiger partial charge in [-0.25, -0.2) is 0 Å². The molecule has 0 bridgehead atoms. The number of benzene rings is 2. The van der Waals surface area contributed by atoms with E-state index in [1.54, 1.807) is 24.3 Å². The van der Waals surface area contributed by atoms with Gasteiger partial charge in [0, 0.05) is 16.3 Å². The van der Waals surface area contributed by atoms with Gasteiger partial charge in [-0.05, 0) is 71.3 Å². The molecule has 7 nitrogen and oxygen atoms in total. The lowest BCUT2D eigenvalue weighted by atomic mass is 10.0. The third kappa shape index (κ3) is 7.18. The lowest BCUT2D eigenvalue weighted by molar-refractivity contribution is -0.113. The first-order valence-electron chi connectivity index (χ1n) is 10.4. The molecule has 0 saturated carbocycles. The molecule has 0 aliphatic heterocycles. The number of anilines is 1. The average Bonchev–Trinajstić information content (AvgIpc) is 3.13. The van der Waals surface area contributed by atoms with E-state index in [0.717, 1.165) is 9.26 Å². The van der Waals surface area contributed by atoms with Crippen molar-refractivity contribution in [3.05, 3.63) is 68.5 Å². The number of hydrogen-bond donors (Lipinski definition) is 2. The number of nitrogens with zero attached hydrogens (tertiary/aromatic N) is 3. The van der Waals surface area contributed by atoms with Gasteiger partial charge in [0.05, 0.1) is 22.4 Å². The van der Waals surface area contributed by atoms with E-state index in [-0.39, 0.29) is 23.6 Å². The van der Waals surface area contributed by atoms with Crippen LogP contribution in [-0.2, 0) is 11.8 Å². The zero-order valence-electron chi connectivity index (χ0n) is 18.5. The fraction of sp³-hybridized carbons (Fsp3) is 0.304. The molecule has 1 heterocycles. The van der Waals surface area contributed by atoms with Crippen LogP contribution in [0.3, 0.4) is 0 Å². The van der Waals surface area contributed by atoms with E-state index in [1.165, 1.54) is 11.8 Å². The van der Waals surface area contributed by atoms with Crippen molar-refractivity contribution in [1.29, 1.82) is 0 Å². The zero-order valence-corrected chi connectivity index (χ0v) is 22.2. The molecule has 0 aliphatic rings. The summed E-state index contributed by atoms with van der Waals surface area (Å²) >= 11 is 9.70. The molecule has 0 unspecified atom stereocenters. The van der Waals surface area contributed by atoms with E-state index in [4.69, 9.17) is 11.6 Å². The van der Waals surface area contributed by atoms with Crippen molar-refractivity contribution in [2.24, 2.45) is 13.0 Å². The molecule has 3 rings (SSSR count). The van der Waals surface area contributed by atoms with E-state index < -0.39 is 0 Å². The minimum absolute atomic E-state index is 0.128. The van der Waals surface area contributed by atoms with Crippen LogP contribution in [0, 0.1) is 9.49 Å². The number of carbonyl (C=O) groups excluding carboxylic acids is 2. The molecule has 1 aromatic heterocycles. The first-order valence-corrected chi connectivity index (χ1v) is 12.8. The highest BCUT2D eigenvalue weighted by atomic mass is 127. The van der Waals surface area contributed by atoms with E-state index in [9.17, 15) is 9.59 Å². The summed E-state index contributed by atoms with van der Waals surface area (Å²) in [5.74, 6) is 0.745. The molecule has 33 heavy (non-hydrogen) atoms. The van der Waals surface area contributed by atoms with Gasteiger partial charge in [0.25, 0.3) is 5.91 Å². The van der Waals surface area contributed by atoms with Crippen LogP contribution >= 0.6 is 46.0 Å². The summed E-state index contributed by atoms with van der Waals surface area (Å²) in [5.41, 5.74) is 1.16. The molecule has 2 aromatic carbocycles. The number of aromatic nitrogens is 3. The van der Waals surface area contributed by atoms with Crippen LogP contribution in [0.25, 0.3) is 0 Å². The smallest absolute Gasteiger partial charge is 0.253 e. The van der Waals surface area contributed by atoms with Crippen LogP contribution in [0.4, 0.5) is 5.69 Å². The molecular formula is C23H25ClIN5O2S. The summed E-state index contributed by atoms with van der Waals surface area (Å²) in [7, 11) is 1.84. The molecule has 0 saturated heterocycles. The molecule has 0 radical (unpaired) electrons. The Balaban J connectivity index is 1.68. The Morgan fingerprint density at radius 2 is 1.82 bits per heavy atom. The molecule has 2 N–H and O–H groups in total. The van der Waals surface area contributed by atoms with E-state index in [2.05, 4.69) is 57.3 Å². The second-order valence-electron chi connectivity index (χ2n) is 7.88. The van der Waals surface area contributed by atoms with E-state index in [1.807, 2.05) is 35.9 Å². The highest BCUT2D eigenvalue weighted by Gasteiger charge is 2.24. The average molecular weight is 598 g/mol. The Labute approximate surface area is 216 Å². The zero-order chi connectivity index (χ0) is 24.0. The molecule has 0 aliphatic carbocycles. The Morgan fingerprint density at radius 3 is 2.48 bits per heavy atom. The second-order valence-corrected chi connectivity index (χ2v) is 10.5. The van der Waals surface area contributed by atoms with Gasteiger partial charge in [-0.1, -0.05) is 49.3 Å². The standard InChI is InChI=1S/C23H25ClIN5O2S/c1-14(2)12-19(27-22(32)17-6-4-5-7-18(17)24)21-28-29-23(30(21)3)33-13-20(31)26-16-10-8-15(25)9-11-16/h4-11,14,19H,12-13H2,1-3H3,(H,26,31)(H,27,32)/t19-/m0/s1. The quantitative estimate of drug-likeness (QED) is 0.257. The topological polar surface area (TPSA) is 88.9 Å². The van der Waals surface area contributed by atoms with E-state index in [0.29, 0.717) is 33.9 Å². The molecular weight excluding hydrogens is 573 g/mol. The van der Waals surface area contributed by atoms with Crippen molar-refractivity contribution in [2.45, 2.75) is 31.5 Å². The number of amides is 2. The van der Waals surface area contributed by atoms with Gasteiger partial charge in [0.2, 0.25) is 5.91 Å². The highest BCUT2D eigenvalue weighted by molar-refractivity contribution is 14.1. The van der Waals surface area contributed by atoms with Crippen LogP contribution in [-0.4, -0.2) is 32.3 Å². The third-order valence-electron chi connectivity index (χ3n) is 4.77. The first kappa shape index (κ1) is 25.5. The summed E-state index contributed by atoms with van der Waals surface area (Å²) in [6, 6.07) is 14.2. The lowest BCUT2D eigenvalue weighted by Crippen LogP contribution is -2.31. The SMILES string of the molecule is CC(C)C[C@H](NC(=O)c1ccccc1Cl)c1nnc(SCC(=O)Nc2ccc(I)cc2)n1C. The maximum atomic E-state index is 12.8. The monoisotopic (exact) mass is 597 g/mol. The summed E-state index contributed by atoms with van der Waals surface area (Å²) in [6.07, 6.45) is 0.681. The van der Waals surface area contributed by atoms with Crippen molar-refractivity contribution in [3.8, 4) is 0 Å². The minimum atomic E-state index is -0.346. The number of carbonyl (C=O) groups is 2. The van der Waals surface area contributed by atoms with Gasteiger partial charge >= 0.3 is 0 Å². The normalized spacial score (nSPS) is 11.9. The predicted octanol–water partition coefficient (Wildman–Crippen LogP) is 5.32. The van der Waals surface area contributed by atoms with Crippen molar-refractivity contribution < 1.29 is 9.59 Å². The van der Waals surface area contributed by atoms with Crippen molar-refractivity contribution >= 4 is 63.5 Å². The third-order valence-corrected chi connectivity index (χ3v) is 6.84. The van der Waals surface area contributed by atoms with Crippen molar-refractivity contribution in [1.82, 2.24) is 20.1 Å². The van der Waals surface area contributed by atoms with Crippen molar-refractivity contribution in [2.75, 3.05) is 11.1 Å². The Bertz CT molecular complexity index is 1120. The van der Waals surface area contributed by atoms with Gasteiger partial charge < -0.3 is 15.2 Å². The molecule has 0 spiro atoms. The summed E-state index contributed by atoms with van der Waals surface area (Å²) < 4.78 is 2.92. The van der Waals surface area contributed by atoms with Crippen molar-refractivity contribution in [3.63, 3.8) is 0 Å². The van der Waals surface area contributed by atoms with Crippen LogP contribution in [0.5, 0.6) is 0 Å². The highest BCUT2D eigenvalue weighted by Crippen LogP contribution is 2.25. The number of halogens is 2. The molecule has 174 valence electrons. The second kappa shape index (κ2) is 11.8. The van der Waals surface area contributed by atoms with Crippen LogP contribution in [0.1, 0.15) is 42.5 Å². The molecule has 10 heteroatoms. The minimum Gasteiger partial charge on any atom is -0.342 e. The van der Waals surface area contributed by atoms with Gasteiger partial charge in [-0.2, -0.15) is 0 Å². The molecule has 2 amide bonds. The maximum Gasteiger partial charge on any atom is 0.253 e. The summed E-state index contributed by atoms with van der Waals surface area (Å²) in [5, 5.41) is 15.5. The fourth-order valence-corrected chi connectivity index (χ4v) is 4.50. The first-order chi connectivity index (χ1) is 15.7. The molecule has 0 fully saturated rings. The molecule has 1 atom stereocenters. The van der Waals surface area contributed by atoms with Gasteiger partial charge in [-0.3, -0.25) is 9.59 Å². The Kier molecular flexibility index (Phi) is 9.16. The van der Waals surface area contributed by atoms with Crippen LogP contribution in [0.2, 0.25) is 5.02 Å². The maximum absolute atomic E-state index is 12.8. The van der Waals surface area contributed by atoms with Crippen LogP contribution < -0.4 is 10.6 Å². The van der Waals surface area contributed by atoms with Gasteiger partial charge in [0.15, 0.2) is 11.0 Å². The number of thioether (sulfide) groups is 1. The van der Waals surface area contributed by atoms with Gasteiger partial charge in [-0.15, -0.1) is 10.2 Å². The predicted molar refractivity (Wildman–Crippen MR) is 141 cm³/mol. The Hall–Kier alpha value is -2.11. The molecule has 3 aromatic rings. The van der Waals surface area contributed by atoms with E-state index >= 15 is 0 Å². The summed E-state index contributed by atoms with van der Waals surface area (Å²) in [6.45, 7) is 4.16. The number of nitrogens with one attached hydrogen (secondary N) is 2. The Morgan fingerprint density at radius 1 is 1.12 bits per heavy atom. The lowest BCUT2D eigenvalue weighted by Gasteiger charge is -2.20. The summed E-state index contributed by atoms with van der Waals surface area (Å²) in [4.78, 5) is 25.2. The fourth-order valence-electron chi connectivity index (χ4n) is 3.20. The number of hydrogen-bond acceptors (Lipinski definition) is 5. The van der Waals surface area contributed by atoms with Crippen LogP contribution in [0.15, 0.2) is 53.7 Å². The largest absolute Gasteiger partial charge is 0.342 e.